The molecule has 0 fully saturated rings. The number of hydrogen-bond donors (Lipinski definition) is 1. The van der Waals surface area contributed by atoms with Crippen molar-refractivity contribution < 1.29 is 0 Å². The molecule has 0 bridgehead atoms. The molecule has 1 atom stereocenters. The zero-order valence-corrected chi connectivity index (χ0v) is 13.6. The minimum atomic E-state index is 0.549. The minimum absolute atomic E-state index is 0.549. The summed E-state index contributed by atoms with van der Waals surface area (Å²) in [6.07, 6.45) is 3.11. The van der Waals surface area contributed by atoms with Gasteiger partial charge in [-0.3, -0.25) is 4.68 Å². The average Bonchev–Trinajstić information content (AvgIpc) is 2.84. The van der Waals surface area contributed by atoms with Gasteiger partial charge in [-0.15, -0.1) is 0 Å². The lowest BCUT2D eigenvalue weighted by Gasteiger charge is -2.22. The van der Waals surface area contributed by atoms with Crippen molar-refractivity contribution in [3.8, 4) is 0 Å². The summed E-state index contributed by atoms with van der Waals surface area (Å²) in [6, 6.07) is 10.8. The van der Waals surface area contributed by atoms with Gasteiger partial charge in [-0.05, 0) is 23.8 Å². The molecular weight excluding hydrogens is 258 g/mol. The van der Waals surface area contributed by atoms with Crippen molar-refractivity contribution in [3.63, 3.8) is 0 Å². The van der Waals surface area contributed by atoms with E-state index < -0.39 is 0 Å². The Balaban J connectivity index is 1.97. The second kappa shape index (κ2) is 7.41. The van der Waals surface area contributed by atoms with Crippen molar-refractivity contribution >= 4 is 0 Å². The predicted molar refractivity (Wildman–Crippen MR) is 88.3 cm³/mol. The molecule has 3 nitrogen and oxygen atoms in total. The van der Waals surface area contributed by atoms with Crippen LogP contribution in [0.4, 0.5) is 0 Å². The molecule has 1 aromatic heterocycles. The quantitative estimate of drug-likeness (QED) is 0.843. The summed E-state index contributed by atoms with van der Waals surface area (Å²) in [6.45, 7) is 8.64. The fourth-order valence-corrected chi connectivity index (χ4v) is 2.83. The first-order chi connectivity index (χ1) is 10.1. The Morgan fingerprint density at radius 3 is 2.52 bits per heavy atom. The summed E-state index contributed by atoms with van der Waals surface area (Å²) in [5, 5.41) is 8.11. The Morgan fingerprint density at radius 2 is 1.90 bits per heavy atom. The van der Waals surface area contributed by atoms with Crippen molar-refractivity contribution in [2.45, 2.75) is 39.7 Å². The first kappa shape index (κ1) is 15.8. The first-order valence-corrected chi connectivity index (χ1v) is 7.88. The Morgan fingerprint density at radius 1 is 1.19 bits per heavy atom. The summed E-state index contributed by atoms with van der Waals surface area (Å²) < 4.78 is 1.91. The van der Waals surface area contributed by atoms with E-state index in [-0.39, 0.29) is 0 Å². The lowest BCUT2D eigenvalue weighted by Crippen LogP contribution is -2.24. The second-order valence-corrected chi connectivity index (χ2v) is 6.02. The molecule has 2 rings (SSSR count). The molecule has 114 valence electrons. The van der Waals surface area contributed by atoms with Crippen LogP contribution >= 0.6 is 0 Å². The number of nitrogens with one attached hydrogen (secondary N) is 1. The summed E-state index contributed by atoms with van der Waals surface area (Å²) in [4.78, 5) is 0. The van der Waals surface area contributed by atoms with E-state index in [4.69, 9.17) is 0 Å². The second-order valence-electron chi connectivity index (χ2n) is 6.02. The van der Waals surface area contributed by atoms with Gasteiger partial charge in [-0.25, -0.2) is 0 Å². The van der Waals surface area contributed by atoms with Gasteiger partial charge in [0.1, 0.15) is 0 Å². The van der Waals surface area contributed by atoms with Crippen molar-refractivity contribution in [2.75, 3.05) is 6.54 Å². The van der Waals surface area contributed by atoms with Crippen LogP contribution in [0.3, 0.4) is 0 Å². The third kappa shape index (κ3) is 4.18. The number of aryl methyl sites for hydroxylation is 2. The number of hydrogen-bond acceptors (Lipinski definition) is 2. The maximum Gasteiger partial charge on any atom is 0.0666 e. The van der Waals surface area contributed by atoms with Crippen LogP contribution in [-0.2, 0) is 20.0 Å². The SMILES string of the molecule is CCc1nn(C)cc1CNCC(c1ccccc1)C(C)C. The molecule has 3 heteroatoms. The largest absolute Gasteiger partial charge is 0.312 e. The molecule has 1 heterocycles. The van der Waals surface area contributed by atoms with Gasteiger partial charge in [0.25, 0.3) is 0 Å². The van der Waals surface area contributed by atoms with Crippen molar-refractivity contribution in [3.05, 3.63) is 53.3 Å². The fourth-order valence-electron chi connectivity index (χ4n) is 2.83. The molecule has 0 aliphatic rings. The van der Waals surface area contributed by atoms with Crippen LogP contribution in [0.25, 0.3) is 0 Å². The topological polar surface area (TPSA) is 29.9 Å². The number of rotatable bonds is 7. The molecule has 21 heavy (non-hydrogen) atoms. The van der Waals surface area contributed by atoms with Gasteiger partial charge in [0, 0.05) is 31.9 Å². The number of benzene rings is 1. The molecule has 1 N–H and O–H groups in total. The maximum absolute atomic E-state index is 4.50. The normalized spacial score (nSPS) is 12.8. The van der Waals surface area contributed by atoms with E-state index in [1.165, 1.54) is 16.8 Å². The van der Waals surface area contributed by atoms with Gasteiger partial charge in [0.15, 0.2) is 0 Å². The Hall–Kier alpha value is -1.61. The summed E-state index contributed by atoms with van der Waals surface area (Å²) in [7, 11) is 1.99. The van der Waals surface area contributed by atoms with E-state index in [0.29, 0.717) is 11.8 Å². The van der Waals surface area contributed by atoms with Crippen molar-refractivity contribution in [1.82, 2.24) is 15.1 Å². The van der Waals surface area contributed by atoms with Gasteiger partial charge in [0.05, 0.1) is 5.69 Å². The Labute approximate surface area is 128 Å². The van der Waals surface area contributed by atoms with E-state index in [1.54, 1.807) is 0 Å². The highest BCUT2D eigenvalue weighted by Crippen LogP contribution is 2.23. The summed E-state index contributed by atoms with van der Waals surface area (Å²) in [5.74, 6) is 1.17. The molecule has 0 saturated heterocycles. The van der Waals surface area contributed by atoms with Crippen LogP contribution < -0.4 is 5.32 Å². The van der Waals surface area contributed by atoms with E-state index >= 15 is 0 Å². The van der Waals surface area contributed by atoms with Gasteiger partial charge in [0.2, 0.25) is 0 Å². The molecule has 0 aliphatic heterocycles. The summed E-state index contributed by atoms with van der Waals surface area (Å²) in [5.41, 5.74) is 3.93. The zero-order chi connectivity index (χ0) is 15.2. The molecule has 1 aromatic carbocycles. The van der Waals surface area contributed by atoms with Gasteiger partial charge < -0.3 is 5.32 Å². The highest BCUT2D eigenvalue weighted by molar-refractivity contribution is 5.21. The van der Waals surface area contributed by atoms with E-state index in [1.807, 2.05) is 11.7 Å². The molecule has 0 amide bonds. The standard InChI is InChI=1S/C18H27N3/c1-5-18-16(13-21(4)20-18)11-19-12-17(14(2)3)15-9-7-6-8-10-15/h6-10,13-14,17,19H,5,11-12H2,1-4H3. The van der Waals surface area contributed by atoms with Crippen molar-refractivity contribution in [2.24, 2.45) is 13.0 Å². The summed E-state index contributed by atoms with van der Waals surface area (Å²) >= 11 is 0. The predicted octanol–water partition coefficient (Wildman–Crippen LogP) is 3.51. The lowest BCUT2D eigenvalue weighted by molar-refractivity contribution is 0.461. The molecule has 0 spiro atoms. The van der Waals surface area contributed by atoms with Crippen molar-refractivity contribution in [1.29, 1.82) is 0 Å². The molecule has 2 aromatic rings. The number of nitrogens with zero attached hydrogens (tertiary/aromatic N) is 2. The molecule has 1 unspecified atom stereocenters. The van der Waals surface area contributed by atoms with E-state index in [9.17, 15) is 0 Å². The molecule has 0 radical (unpaired) electrons. The van der Waals surface area contributed by atoms with Crippen LogP contribution in [0.5, 0.6) is 0 Å². The van der Waals surface area contributed by atoms with Crippen LogP contribution in [0.1, 0.15) is 43.5 Å². The molecule has 0 saturated carbocycles. The zero-order valence-electron chi connectivity index (χ0n) is 13.6. The number of aromatic nitrogens is 2. The lowest BCUT2D eigenvalue weighted by atomic mass is 9.88. The highest BCUT2D eigenvalue weighted by atomic mass is 15.3. The van der Waals surface area contributed by atoms with E-state index in [2.05, 4.69) is 67.7 Å². The first-order valence-electron chi connectivity index (χ1n) is 7.88. The fraction of sp³-hybridized carbons (Fsp3) is 0.500. The van der Waals surface area contributed by atoms with Gasteiger partial charge in [-0.2, -0.15) is 5.10 Å². The minimum Gasteiger partial charge on any atom is -0.312 e. The highest BCUT2D eigenvalue weighted by Gasteiger charge is 2.15. The third-order valence-electron chi connectivity index (χ3n) is 4.04. The van der Waals surface area contributed by atoms with E-state index in [0.717, 1.165) is 19.5 Å². The van der Waals surface area contributed by atoms with Crippen LogP contribution in [0, 0.1) is 5.92 Å². The molecular formula is C18H27N3. The maximum atomic E-state index is 4.50. The van der Waals surface area contributed by atoms with Gasteiger partial charge >= 0.3 is 0 Å². The average molecular weight is 285 g/mol. The Kier molecular flexibility index (Phi) is 5.57. The van der Waals surface area contributed by atoms with Crippen LogP contribution in [-0.4, -0.2) is 16.3 Å². The smallest absolute Gasteiger partial charge is 0.0666 e. The monoisotopic (exact) mass is 285 g/mol. The molecule has 0 aliphatic carbocycles. The third-order valence-corrected chi connectivity index (χ3v) is 4.04. The Bertz CT molecular complexity index is 543. The van der Waals surface area contributed by atoms with Crippen LogP contribution in [0.2, 0.25) is 0 Å². The van der Waals surface area contributed by atoms with Crippen LogP contribution in [0.15, 0.2) is 36.5 Å². The van der Waals surface area contributed by atoms with Gasteiger partial charge in [-0.1, -0.05) is 51.1 Å².